The summed E-state index contributed by atoms with van der Waals surface area (Å²) in [6.45, 7) is 3.65. The summed E-state index contributed by atoms with van der Waals surface area (Å²) >= 11 is 3.16. The number of primary amides is 1. The number of pyridine rings is 1. The van der Waals surface area contributed by atoms with E-state index >= 15 is 0 Å². The van der Waals surface area contributed by atoms with Crippen LogP contribution in [-0.4, -0.2) is 22.8 Å². The minimum absolute atomic E-state index is 0.235. The van der Waals surface area contributed by atoms with E-state index in [2.05, 4.69) is 32.8 Å². The van der Waals surface area contributed by atoms with Crippen LogP contribution >= 0.6 is 15.9 Å². The first-order valence-corrected chi connectivity index (χ1v) is 7.05. The van der Waals surface area contributed by atoms with Crippen molar-refractivity contribution in [3.05, 3.63) is 53.2 Å². The minimum atomic E-state index is -0.816. The van der Waals surface area contributed by atoms with E-state index in [1.54, 1.807) is 24.4 Å². The zero-order valence-corrected chi connectivity index (χ0v) is 12.8. The topological polar surface area (TPSA) is 85.1 Å². The Morgan fingerprint density at radius 1 is 1.33 bits per heavy atom. The lowest BCUT2D eigenvalue weighted by Gasteiger charge is -2.15. The molecule has 6 heteroatoms. The number of hydrogen-bond donors (Lipinski definition) is 2. The van der Waals surface area contributed by atoms with Gasteiger partial charge in [-0.15, -0.1) is 0 Å². The number of fused-ring (bicyclic) bond motifs is 1. The summed E-state index contributed by atoms with van der Waals surface area (Å²) in [6.07, 6.45) is 1.85. The Labute approximate surface area is 130 Å². The van der Waals surface area contributed by atoms with Crippen LogP contribution in [-0.2, 0) is 4.79 Å². The molecule has 1 aromatic heterocycles. The van der Waals surface area contributed by atoms with Crippen molar-refractivity contribution in [1.29, 1.82) is 0 Å². The minimum Gasteiger partial charge on any atom is -0.368 e. The largest absolute Gasteiger partial charge is 0.368 e. The summed E-state index contributed by atoms with van der Waals surface area (Å²) in [5.41, 5.74) is 6.28. The molecule has 0 fully saturated rings. The second-order valence-electron chi connectivity index (χ2n) is 4.53. The Bertz CT molecular complexity index is 710. The highest BCUT2D eigenvalue weighted by molar-refractivity contribution is 9.11. The third kappa shape index (κ3) is 3.66. The first-order chi connectivity index (χ1) is 9.99. The summed E-state index contributed by atoms with van der Waals surface area (Å²) in [5.74, 6) is -1.01. The van der Waals surface area contributed by atoms with E-state index < -0.39 is 17.9 Å². The van der Waals surface area contributed by atoms with E-state index in [0.717, 1.165) is 5.39 Å². The summed E-state index contributed by atoms with van der Waals surface area (Å²) < 4.78 is 0.586. The van der Waals surface area contributed by atoms with Crippen molar-refractivity contribution in [3.8, 4) is 0 Å². The molecule has 1 aromatic carbocycles. The standard InChI is InChI=1S/C15H14BrN3O2/c1-9(16)8-12(14(17)20)19-15(21)11-6-2-4-10-5-3-7-18-13(10)11/h2-7,12H,1,8H2,(H2,17,20)(H,19,21)/t12-/m0/s1. The lowest BCUT2D eigenvalue weighted by molar-refractivity contribution is -0.119. The first-order valence-electron chi connectivity index (χ1n) is 6.26. The van der Waals surface area contributed by atoms with E-state index in [1.807, 2.05) is 12.1 Å². The van der Waals surface area contributed by atoms with Crippen molar-refractivity contribution in [2.24, 2.45) is 5.73 Å². The molecule has 0 saturated carbocycles. The second-order valence-corrected chi connectivity index (χ2v) is 5.65. The molecule has 0 aliphatic heterocycles. The fourth-order valence-corrected chi connectivity index (χ4v) is 2.29. The van der Waals surface area contributed by atoms with Crippen molar-refractivity contribution in [3.63, 3.8) is 0 Å². The molecule has 2 aromatic rings. The molecule has 0 bridgehead atoms. The predicted octanol–water partition coefficient (Wildman–Crippen LogP) is 2.12. The lowest BCUT2D eigenvalue weighted by atomic mass is 10.1. The molecular weight excluding hydrogens is 334 g/mol. The van der Waals surface area contributed by atoms with Crippen LogP contribution in [0.3, 0.4) is 0 Å². The molecule has 1 atom stereocenters. The normalized spacial score (nSPS) is 11.9. The Morgan fingerprint density at radius 3 is 2.71 bits per heavy atom. The molecule has 0 aliphatic carbocycles. The molecule has 3 N–H and O–H groups in total. The van der Waals surface area contributed by atoms with Gasteiger partial charge in [0, 0.05) is 18.0 Å². The molecule has 0 radical (unpaired) electrons. The third-order valence-corrected chi connectivity index (χ3v) is 3.28. The van der Waals surface area contributed by atoms with Gasteiger partial charge in [0.05, 0.1) is 11.1 Å². The van der Waals surface area contributed by atoms with Gasteiger partial charge in [0.1, 0.15) is 6.04 Å². The summed E-state index contributed by atoms with van der Waals surface area (Å²) in [7, 11) is 0. The molecule has 0 saturated heterocycles. The smallest absolute Gasteiger partial charge is 0.254 e. The molecule has 1 heterocycles. The molecule has 5 nitrogen and oxygen atoms in total. The lowest BCUT2D eigenvalue weighted by Crippen LogP contribution is -2.44. The predicted molar refractivity (Wildman–Crippen MR) is 84.9 cm³/mol. The van der Waals surface area contributed by atoms with Crippen LogP contribution in [0.5, 0.6) is 0 Å². The van der Waals surface area contributed by atoms with Crippen LogP contribution in [0, 0.1) is 0 Å². The molecule has 108 valence electrons. The van der Waals surface area contributed by atoms with Gasteiger partial charge in [0.2, 0.25) is 5.91 Å². The zero-order chi connectivity index (χ0) is 15.4. The van der Waals surface area contributed by atoms with Gasteiger partial charge in [-0.05, 0) is 16.6 Å². The van der Waals surface area contributed by atoms with E-state index in [1.165, 1.54) is 0 Å². The SMILES string of the molecule is C=C(Br)C[C@H](NC(=O)c1cccc2cccnc12)C(N)=O. The number of hydrogen-bond acceptors (Lipinski definition) is 3. The molecule has 0 spiro atoms. The van der Waals surface area contributed by atoms with E-state index in [0.29, 0.717) is 15.6 Å². The number of benzene rings is 1. The number of carbonyl (C=O) groups is 2. The highest BCUT2D eigenvalue weighted by Gasteiger charge is 2.20. The van der Waals surface area contributed by atoms with Crippen LogP contribution in [0.25, 0.3) is 10.9 Å². The highest BCUT2D eigenvalue weighted by Crippen LogP contribution is 2.17. The number of aromatic nitrogens is 1. The van der Waals surface area contributed by atoms with Crippen LogP contribution in [0.4, 0.5) is 0 Å². The maximum atomic E-state index is 12.4. The van der Waals surface area contributed by atoms with Gasteiger partial charge in [-0.1, -0.05) is 40.7 Å². The number of nitrogens with two attached hydrogens (primary N) is 1. The summed E-state index contributed by atoms with van der Waals surface area (Å²) in [5, 5.41) is 3.46. The van der Waals surface area contributed by atoms with Gasteiger partial charge in [0.15, 0.2) is 0 Å². The number of rotatable bonds is 5. The fourth-order valence-electron chi connectivity index (χ4n) is 1.97. The summed E-state index contributed by atoms with van der Waals surface area (Å²) in [6, 6.07) is 8.14. The number of para-hydroxylation sites is 1. The average molecular weight is 348 g/mol. The maximum Gasteiger partial charge on any atom is 0.254 e. The van der Waals surface area contributed by atoms with Crippen LogP contribution in [0.15, 0.2) is 47.6 Å². The van der Waals surface area contributed by atoms with Crippen LogP contribution < -0.4 is 11.1 Å². The molecule has 0 unspecified atom stereocenters. The van der Waals surface area contributed by atoms with Crippen molar-refractivity contribution >= 4 is 38.6 Å². The van der Waals surface area contributed by atoms with E-state index in [-0.39, 0.29) is 6.42 Å². The van der Waals surface area contributed by atoms with Crippen LogP contribution in [0.2, 0.25) is 0 Å². The van der Waals surface area contributed by atoms with Gasteiger partial charge in [-0.2, -0.15) is 0 Å². The average Bonchev–Trinajstić information content (AvgIpc) is 2.45. The van der Waals surface area contributed by atoms with Crippen molar-refractivity contribution in [2.45, 2.75) is 12.5 Å². The van der Waals surface area contributed by atoms with Gasteiger partial charge in [0.25, 0.3) is 5.91 Å². The fraction of sp³-hybridized carbons (Fsp3) is 0.133. The molecular formula is C15H14BrN3O2. The van der Waals surface area contributed by atoms with E-state index in [4.69, 9.17) is 5.73 Å². The monoisotopic (exact) mass is 347 g/mol. The molecule has 2 amide bonds. The van der Waals surface area contributed by atoms with Gasteiger partial charge in [-0.25, -0.2) is 0 Å². The van der Waals surface area contributed by atoms with Crippen molar-refractivity contribution in [1.82, 2.24) is 10.3 Å². The van der Waals surface area contributed by atoms with Gasteiger partial charge in [-0.3, -0.25) is 14.6 Å². The Morgan fingerprint density at radius 2 is 2.05 bits per heavy atom. The Balaban J connectivity index is 2.29. The van der Waals surface area contributed by atoms with Crippen molar-refractivity contribution < 1.29 is 9.59 Å². The van der Waals surface area contributed by atoms with Gasteiger partial charge >= 0.3 is 0 Å². The maximum absolute atomic E-state index is 12.4. The van der Waals surface area contributed by atoms with Crippen LogP contribution in [0.1, 0.15) is 16.8 Å². The zero-order valence-electron chi connectivity index (χ0n) is 11.2. The molecule has 2 rings (SSSR count). The highest BCUT2D eigenvalue weighted by atomic mass is 79.9. The third-order valence-electron chi connectivity index (χ3n) is 2.95. The van der Waals surface area contributed by atoms with Gasteiger partial charge < -0.3 is 11.1 Å². The number of nitrogens with one attached hydrogen (secondary N) is 1. The second kappa shape index (κ2) is 6.49. The number of nitrogens with zero attached hydrogens (tertiary/aromatic N) is 1. The number of carbonyl (C=O) groups excluding carboxylic acids is 2. The Hall–Kier alpha value is -2.21. The first kappa shape index (κ1) is 15.2. The number of amides is 2. The quantitative estimate of drug-likeness (QED) is 0.868. The summed E-state index contributed by atoms with van der Waals surface area (Å²) in [4.78, 5) is 28.0. The molecule has 0 aliphatic rings. The van der Waals surface area contributed by atoms with E-state index in [9.17, 15) is 9.59 Å². The van der Waals surface area contributed by atoms with Crippen molar-refractivity contribution in [2.75, 3.05) is 0 Å². The number of halogens is 1. The Kier molecular flexibility index (Phi) is 4.70. The molecule has 21 heavy (non-hydrogen) atoms.